The summed E-state index contributed by atoms with van der Waals surface area (Å²) in [5.74, 6) is 0.435. The van der Waals surface area contributed by atoms with E-state index in [0.29, 0.717) is 6.54 Å². The summed E-state index contributed by atoms with van der Waals surface area (Å²) in [5, 5.41) is 31.9. The van der Waals surface area contributed by atoms with Crippen molar-refractivity contribution in [1.82, 2.24) is 9.55 Å². The Morgan fingerprint density at radius 3 is 2.59 bits per heavy atom. The molecule has 0 aromatic carbocycles. The minimum Gasteiger partial charge on any atom is -0.394 e. The SMILES string of the molecule is CC(C)CNc1cc(=O)[nH]c(=O)n1[C@@H]1O[C@H](CO)[C@@H](O)[C@H]1O. The van der Waals surface area contributed by atoms with Crippen LogP contribution in [0.15, 0.2) is 15.7 Å². The van der Waals surface area contributed by atoms with Gasteiger partial charge in [-0.1, -0.05) is 13.8 Å². The first-order chi connectivity index (χ1) is 10.3. The number of nitrogens with one attached hydrogen (secondary N) is 2. The molecular weight excluding hydrogens is 294 g/mol. The van der Waals surface area contributed by atoms with Crippen molar-refractivity contribution in [2.24, 2.45) is 5.92 Å². The number of aliphatic hydroxyl groups excluding tert-OH is 3. The Bertz CT molecular complexity index is 625. The van der Waals surface area contributed by atoms with E-state index in [0.717, 1.165) is 4.57 Å². The van der Waals surface area contributed by atoms with Gasteiger partial charge in [-0.3, -0.25) is 9.78 Å². The molecule has 1 aromatic heterocycles. The fourth-order valence-corrected chi connectivity index (χ4v) is 2.30. The molecule has 2 heterocycles. The lowest BCUT2D eigenvalue weighted by Crippen LogP contribution is -2.39. The van der Waals surface area contributed by atoms with Gasteiger partial charge in [0.1, 0.15) is 24.1 Å². The van der Waals surface area contributed by atoms with E-state index in [1.807, 2.05) is 13.8 Å². The van der Waals surface area contributed by atoms with Crippen LogP contribution in [0.5, 0.6) is 0 Å². The van der Waals surface area contributed by atoms with Crippen LogP contribution < -0.4 is 16.6 Å². The first kappa shape index (κ1) is 16.7. The van der Waals surface area contributed by atoms with Crippen molar-refractivity contribution in [3.8, 4) is 0 Å². The van der Waals surface area contributed by atoms with E-state index in [1.54, 1.807) is 0 Å². The number of hydrogen-bond acceptors (Lipinski definition) is 7. The second kappa shape index (κ2) is 6.61. The van der Waals surface area contributed by atoms with Crippen LogP contribution in [0.25, 0.3) is 0 Å². The van der Waals surface area contributed by atoms with Gasteiger partial charge in [0.25, 0.3) is 5.56 Å². The lowest BCUT2D eigenvalue weighted by Gasteiger charge is -2.22. The molecule has 1 aliphatic rings. The first-order valence-corrected chi connectivity index (χ1v) is 7.07. The molecule has 1 aromatic rings. The highest BCUT2D eigenvalue weighted by molar-refractivity contribution is 5.34. The van der Waals surface area contributed by atoms with Crippen molar-refractivity contribution in [2.75, 3.05) is 18.5 Å². The second-order valence-electron chi connectivity index (χ2n) is 5.70. The van der Waals surface area contributed by atoms with Gasteiger partial charge in [-0.05, 0) is 5.92 Å². The third-order valence-corrected chi connectivity index (χ3v) is 3.44. The van der Waals surface area contributed by atoms with Crippen molar-refractivity contribution in [1.29, 1.82) is 0 Å². The zero-order chi connectivity index (χ0) is 16.4. The predicted octanol–water partition coefficient (Wildman–Crippen LogP) is -1.78. The zero-order valence-electron chi connectivity index (χ0n) is 12.4. The Kier molecular flexibility index (Phi) is 5.01. The van der Waals surface area contributed by atoms with Gasteiger partial charge in [0.2, 0.25) is 0 Å². The van der Waals surface area contributed by atoms with Crippen LogP contribution in [0, 0.1) is 5.92 Å². The molecule has 5 N–H and O–H groups in total. The van der Waals surface area contributed by atoms with Gasteiger partial charge in [-0.2, -0.15) is 0 Å². The standard InChI is InChI=1S/C13H21N3O6/c1-6(2)4-14-8-3-9(18)15-13(21)16(8)12-11(20)10(19)7(5-17)22-12/h3,6-7,10-12,14,17,19-20H,4-5H2,1-2H3,(H,15,18,21)/t7-,10-,11-,12-/m1/s1. The van der Waals surface area contributed by atoms with Crippen LogP contribution in [0.1, 0.15) is 20.1 Å². The molecule has 9 nitrogen and oxygen atoms in total. The molecule has 4 atom stereocenters. The topological polar surface area (TPSA) is 137 Å². The van der Waals surface area contributed by atoms with Crippen molar-refractivity contribution < 1.29 is 20.1 Å². The van der Waals surface area contributed by atoms with Crippen molar-refractivity contribution in [3.63, 3.8) is 0 Å². The molecule has 9 heteroatoms. The van der Waals surface area contributed by atoms with Crippen LogP contribution in [-0.4, -0.2) is 56.3 Å². The number of aliphatic hydroxyl groups is 3. The molecule has 0 saturated carbocycles. The molecule has 1 saturated heterocycles. The maximum absolute atomic E-state index is 12.1. The lowest BCUT2D eigenvalue weighted by atomic mass is 10.1. The Morgan fingerprint density at radius 1 is 1.36 bits per heavy atom. The average Bonchev–Trinajstić information content (AvgIpc) is 2.72. The number of ether oxygens (including phenoxy) is 1. The molecule has 0 spiro atoms. The summed E-state index contributed by atoms with van der Waals surface area (Å²) in [5.41, 5.74) is -1.35. The smallest absolute Gasteiger partial charge is 0.332 e. The summed E-state index contributed by atoms with van der Waals surface area (Å²) in [6.45, 7) is 3.91. The van der Waals surface area contributed by atoms with Crippen LogP contribution in [0.3, 0.4) is 0 Å². The van der Waals surface area contributed by atoms with Gasteiger partial charge in [-0.25, -0.2) is 9.36 Å². The highest BCUT2D eigenvalue weighted by atomic mass is 16.6. The van der Waals surface area contributed by atoms with E-state index in [9.17, 15) is 19.8 Å². The molecule has 0 bridgehead atoms. The summed E-state index contributed by atoms with van der Waals surface area (Å²) < 4.78 is 6.38. The van der Waals surface area contributed by atoms with Crippen LogP contribution in [-0.2, 0) is 4.74 Å². The number of H-pyrrole nitrogens is 1. The van der Waals surface area contributed by atoms with E-state index in [2.05, 4.69) is 10.3 Å². The fraction of sp³-hybridized carbons (Fsp3) is 0.692. The minimum atomic E-state index is -1.40. The van der Waals surface area contributed by atoms with Crippen LogP contribution >= 0.6 is 0 Å². The third-order valence-electron chi connectivity index (χ3n) is 3.44. The molecule has 0 amide bonds. The summed E-state index contributed by atoms with van der Waals surface area (Å²) >= 11 is 0. The number of aromatic amines is 1. The normalized spacial score (nSPS) is 28.3. The fourth-order valence-electron chi connectivity index (χ4n) is 2.30. The van der Waals surface area contributed by atoms with Crippen molar-refractivity contribution in [2.45, 2.75) is 38.4 Å². The molecule has 2 rings (SSSR count). The molecule has 0 radical (unpaired) electrons. The van der Waals surface area contributed by atoms with Gasteiger partial charge in [0.05, 0.1) is 6.61 Å². The zero-order valence-corrected chi connectivity index (χ0v) is 12.4. The second-order valence-corrected chi connectivity index (χ2v) is 5.70. The van der Waals surface area contributed by atoms with E-state index >= 15 is 0 Å². The van der Waals surface area contributed by atoms with Crippen LogP contribution in [0.4, 0.5) is 5.82 Å². The third kappa shape index (κ3) is 3.22. The number of nitrogens with zero attached hydrogens (tertiary/aromatic N) is 1. The maximum Gasteiger partial charge on any atom is 0.332 e. The Morgan fingerprint density at radius 2 is 2.05 bits per heavy atom. The molecule has 0 aliphatic carbocycles. The number of anilines is 1. The molecule has 1 aliphatic heterocycles. The maximum atomic E-state index is 12.1. The Labute approximate surface area is 126 Å². The monoisotopic (exact) mass is 315 g/mol. The minimum absolute atomic E-state index is 0.178. The van der Waals surface area contributed by atoms with E-state index < -0.39 is 42.4 Å². The summed E-state index contributed by atoms with van der Waals surface area (Å²) in [4.78, 5) is 25.6. The molecule has 1 fully saturated rings. The summed E-state index contributed by atoms with van der Waals surface area (Å²) in [6, 6.07) is 1.18. The highest BCUT2D eigenvalue weighted by Gasteiger charge is 2.44. The highest BCUT2D eigenvalue weighted by Crippen LogP contribution is 2.29. The summed E-state index contributed by atoms with van der Waals surface area (Å²) in [6.07, 6.45) is -4.94. The van der Waals surface area contributed by atoms with Crippen LogP contribution in [0.2, 0.25) is 0 Å². The van der Waals surface area contributed by atoms with Gasteiger partial charge in [-0.15, -0.1) is 0 Å². The molecule has 22 heavy (non-hydrogen) atoms. The van der Waals surface area contributed by atoms with Crippen molar-refractivity contribution in [3.05, 3.63) is 26.9 Å². The molecular formula is C13H21N3O6. The predicted molar refractivity (Wildman–Crippen MR) is 77.7 cm³/mol. The van der Waals surface area contributed by atoms with E-state index in [4.69, 9.17) is 9.84 Å². The van der Waals surface area contributed by atoms with Gasteiger partial charge in [0, 0.05) is 12.6 Å². The number of hydrogen-bond donors (Lipinski definition) is 5. The number of rotatable bonds is 5. The van der Waals surface area contributed by atoms with Gasteiger partial charge in [0.15, 0.2) is 6.23 Å². The summed E-state index contributed by atoms with van der Waals surface area (Å²) in [7, 11) is 0. The quantitative estimate of drug-likeness (QED) is 0.433. The van der Waals surface area contributed by atoms with Gasteiger partial charge < -0.3 is 25.4 Å². The molecule has 0 unspecified atom stereocenters. The molecule has 124 valence electrons. The largest absolute Gasteiger partial charge is 0.394 e. The van der Waals surface area contributed by atoms with Crippen molar-refractivity contribution >= 4 is 5.82 Å². The van der Waals surface area contributed by atoms with Gasteiger partial charge >= 0.3 is 5.69 Å². The van der Waals surface area contributed by atoms with E-state index in [-0.39, 0.29) is 11.7 Å². The number of aromatic nitrogens is 2. The lowest BCUT2D eigenvalue weighted by molar-refractivity contribution is -0.0539. The Balaban J connectivity index is 2.41. The Hall–Kier alpha value is -1.68. The average molecular weight is 315 g/mol. The first-order valence-electron chi connectivity index (χ1n) is 7.07. The van der Waals surface area contributed by atoms with E-state index in [1.165, 1.54) is 6.07 Å².